The SMILES string of the molecule is COc1cccc(-c2csc(C3(NC(=O)C[C@H](N)Cc4ccccc4F)CCS(=O)(=O)CC3)n2)c1. The molecule has 2 aromatic carbocycles. The van der Waals surface area contributed by atoms with Crippen LogP contribution >= 0.6 is 11.3 Å². The molecule has 1 amide bonds. The highest BCUT2D eigenvalue weighted by Crippen LogP contribution is 2.38. The van der Waals surface area contributed by atoms with Gasteiger partial charge in [-0.15, -0.1) is 11.3 Å². The zero-order valence-electron chi connectivity index (χ0n) is 19.4. The molecule has 7 nitrogen and oxygen atoms in total. The molecule has 1 aromatic heterocycles. The van der Waals surface area contributed by atoms with E-state index in [1.165, 1.54) is 17.4 Å². The number of ether oxygens (including phenoxy) is 1. The van der Waals surface area contributed by atoms with Crippen LogP contribution in [-0.4, -0.2) is 44.0 Å². The standard InChI is InChI=1S/C25H28FN3O4S2/c1-33-20-7-4-6-18(14-20)22-16-34-24(28-22)25(9-11-35(31,32)12-10-25)29-23(30)15-19(27)13-17-5-2-3-8-21(17)26/h2-8,14,16,19H,9-13,15,27H2,1H3,(H,29,30)/t19-/m1/s1. The molecule has 0 radical (unpaired) electrons. The van der Waals surface area contributed by atoms with Crippen molar-refractivity contribution in [3.05, 3.63) is 70.3 Å². The van der Waals surface area contributed by atoms with Gasteiger partial charge in [0, 0.05) is 23.4 Å². The number of carbonyl (C=O) groups excluding carboxylic acids is 1. The van der Waals surface area contributed by atoms with Crippen molar-refractivity contribution in [3.8, 4) is 17.0 Å². The third-order valence-corrected chi connectivity index (χ3v) is 8.92. The number of carbonyl (C=O) groups is 1. The lowest BCUT2D eigenvalue weighted by Gasteiger charge is -2.36. The number of halogens is 1. The van der Waals surface area contributed by atoms with Gasteiger partial charge in [0.05, 0.1) is 29.8 Å². The molecule has 1 saturated heterocycles. The molecule has 1 fully saturated rings. The minimum Gasteiger partial charge on any atom is -0.497 e. The van der Waals surface area contributed by atoms with Crippen LogP contribution in [0, 0.1) is 5.82 Å². The van der Waals surface area contributed by atoms with Crippen LogP contribution in [0.15, 0.2) is 53.9 Å². The van der Waals surface area contributed by atoms with Gasteiger partial charge in [0.2, 0.25) is 5.91 Å². The van der Waals surface area contributed by atoms with Gasteiger partial charge < -0.3 is 15.8 Å². The van der Waals surface area contributed by atoms with Gasteiger partial charge in [0.15, 0.2) is 9.84 Å². The fraction of sp³-hybridized carbons (Fsp3) is 0.360. The van der Waals surface area contributed by atoms with Gasteiger partial charge in [0.25, 0.3) is 0 Å². The summed E-state index contributed by atoms with van der Waals surface area (Å²) in [4.78, 5) is 17.8. The summed E-state index contributed by atoms with van der Waals surface area (Å²) in [6.07, 6.45) is 0.666. The van der Waals surface area contributed by atoms with E-state index in [4.69, 9.17) is 15.5 Å². The number of rotatable bonds is 8. The molecule has 35 heavy (non-hydrogen) atoms. The van der Waals surface area contributed by atoms with Crippen LogP contribution in [0.2, 0.25) is 0 Å². The Balaban J connectivity index is 1.54. The van der Waals surface area contributed by atoms with Crippen molar-refractivity contribution < 1.29 is 22.3 Å². The van der Waals surface area contributed by atoms with Crippen molar-refractivity contribution in [2.45, 2.75) is 37.3 Å². The molecular formula is C25H28FN3O4S2. The van der Waals surface area contributed by atoms with E-state index in [1.807, 2.05) is 29.6 Å². The molecule has 0 bridgehead atoms. The van der Waals surface area contributed by atoms with Crippen LogP contribution in [0.25, 0.3) is 11.3 Å². The maximum absolute atomic E-state index is 14.0. The second kappa shape index (κ2) is 10.4. The summed E-state index contributed by atoms with van der Waals surface area (Å²) >= 11 is 1.39. The fourth-order valence-electron chi connectivity index (χ4n) is 4.26. The smallest absolute Gasteiger partial charge is 0.222 e. The van der Waals surface area contributed by atoms with E-state index in [-0.39, 0.29) is 48.9 Å². The number of hydrogen-bond donors (Lipinski definition) is 2. The van der Waals surface area contributed by atoms with E-state index in [2.05, 4.69) is 5.32 Å². The molecule has 0 unspecified atom stereocenters. The van der Waals surface area contributed by atoms with Gasteiger partial charge in [0.1, 0.15) is 16.6 Å². The van der Waals surface area contributed by atoms with Crippen LogP contribution in [0.5, 0.6) is 5.75 Å². The van der Waals surface area contributed by atoms with Crippen molar-refractivity contribution >= 4 is 27.1 Å². The summed E-state index contributed by atoms with van der Waals surface area (Å²) in [7, 11) is -1.59. The molecule has 186 valence electrons. The van der Waals surface area contributed by atoms with Crippen LogP contribution in [0.4, 0.5) is 4.39 Å². The topological polar surface area (TPSA) is 111 Å². The minimum atomic E-state index is -3.18. The largest absolute Gasteiger partial charge is 0.497 e. The fourth-order valence-corrected chi connectivity index (χ4v) is 6.83. The van der Waals surface area contributed by atoms with Crippen LogP contribution in [0.1, 0.15) is 29.8 Å². The Morgan fingerprint density at radius 1 is 1.23 bits per heavy atom. The van der Waals surface area contributed by atoms with Crippen LogP contribution in [0.3, 0.4) is 0 Å². The van der Waals surface area contributed by atoms with E-state index >= 15 is 0 Å². The first kappa shape index (κ1) is 25.3. The zero-order chi connectivity index (χ0) is 25.1. The van der Waals surface area contributed by atoms with Gasteiger partial charge in [-0.25, -0.2) is 17.8 Å². The summed E-state index contributed by atoms with van der Waals surface area (Å²) in [5.74, 6) is -0.0465. The predicted molar refractivity (Wildman–Crippen MR) is 135 cm³/mol. The number of methoxy groups -OCH3 is 1. The molecule has 4 rings (SSSR count). The first-order valence-corrected chi connectivity index (χ1v) is 14.0. The first-order chi connectivity index (χ1) is 16.7. The number of hydrogen-bond acceptors (Lipinski definition) is 7. The number of nitrogens with one attached hydrogen (secondary N) is 1. The summed E-state index contributed by atoms with van der Waals surface area (Å²) < 4.78 is 43.6. The molecule has 1 aliphatic heterocycles. The van der Waals surface area contributed by atoms with Gasteiger partial charge >= 0.3 is 0 Å². The Bertz CT molecular complexity index is 1300. The van der Waals surface area contributed by atoms with E-state index in [0.29, 0.717) is 16.3 Å². The molecule has 0 spiro atoms. The predicted octanol–water partition coefficient (Wildman–Crippen LogP) is 3.44. The van der Waals surface area contributed by atoms with E-state index < -0.39 is 21.4 Å². The Hall–Kier alpha value is -2.82. The molecule has 0 saturated carbocycles. The zero-order valence-corrected chi connectivity index (χ0v) is 21.0. The van der Waals surface area contributed by atoms with Gasteiger partial charge in [-0.3, -0.25) is 4.79 Å². The molecule has 2 heterocycles. The van der Waals surface area contributed by atoms with Gasteiger partial charge in [-0.1, -0.05) is 30.3 Å². The molecule has 0 aliphatic carbocycles. The monoisotopic (exact) mass is 517 g/mol. The quantitative estimate of drug-likeness (QED) is 0.474. The maximum atomic E-state index is 14.0. The van der Waals surface area contributed by atoms with Crippen molar-refractivity contribution in [2.24, 2.45) is 5.73 Å². The summed E-state index contributed by atoms with van der Waals surface area (Å²) in [6.45, 7) is 0. The number of nitrogens with zero attached hydrogens (tertiary/aromatic N) is 1. The summed E-state index contributed by atoms with van der Waals surface area (Å²) in [6, 6.07) is 13.3. The second-order valence-electron chi connectivity index (χ2n) is 8.81. The minimum absolute atomic E-state index is 0.0169. The first-order valence-electron chi connectivity index (χ1n) is 11.3. The van der Waals surface area contributed by atoms with E-state index in [1.54, 1.807) is 25.3 Å². The highest BCUT2D eigenvalue weighted by atomic mass is 32.2. The maximum Gasteiger partial charge on any atom is 0.222 e. The Morgan fingerprint density at radius 2 is 1.97 bits per heavy atom. The van der Waals surface area contributed by atoms with Gasteiger partial charge in [-0.05, 0) is 43.0 Å². The Morgan fingerprint density at radius 3 is 2.69 bits per heavy atom. The van der Waals surface area contributed by atoms with Crippen molar-refractivity contribution in [3.63, 3.8) is 0 Å². The number of thiazole rings is 1. The number of benzene rings is 2. The third-order valence-electron chi connectivity index (χ3n) is 6.22. The Kier molecular flexibility index (Phi) is 7.53. The number of amides is 1. The van der Waals surface area contributed by atoms with Crippen LogP contribution in [-0.2, 0) is 26.6 Å². The molecule has 1 atom stereocenters. The molecule has 3 aromatic rings. The van der Waals surface area contributed by atoms with Crippen molar-refractivity contribution in [1.29, 1.82) is 0 Å². The molecule has 10 heteroatoms. The lowest BCUT2D eigenvalue weighted by molar-refractivity contribution is -0.123. The summed E-state index contributed by atoms with van der Waals surface area (Å²) in [5, 5.41) is 5.60. The normalized spacial score (nSPS) is 17.5. The molecule has 1 aliphatic rings. The average Bonchev–Trinajstić information content (AvgIpc) is 3.33. The lowest BCUT2D eigenvalue weighted by Crippen LogP contribution is -2.51. The Labute approximate surface area is 208 Å². The number of nitrogens with two attached hydrogens (primary N) is 1. The number of aromatic nitrogens is 1. The van der Waals surface area contributed by atoms with Crippen molar-refractivity contribution in [1.82, 2.24) is 10.3 Å². The number of sulfone groups is 1. The average molecular weight is 518 g/mol. The third kappa shape index (κ3) is 6.06. The molecule has 3 N–H and O–H groups in total. The second-order valence-corrected chi connectivity index (χ2v) is 12.0. The van der Waals surface area contributed by atoms with Crippen LogP contribution < -0.4 is 15.8 Å². The lowest BCUT2D eigenvalue weighted by atomic mass is 9.92. The van der Waals surface area contributed by atoms with E-state index in [9.17, 15) is 17.6 Å². The summed E-state index contributed by atoms with van der Waals surface area (Å²) in [5.41, 5.74) is 7.31. The van der Waals surface area contributed by atoms with Crippen molar-refractivity contribution in [2.75, 3.05) is 18.6 Å². The molecular weight excluding hydrogens is 489 g/mol. The van der Waals surface area contributed by atoms with Gasteiger partial charge in [-0.2, -0.15) is 0 Å². The van der Waals surface area contributed by atoms with E-state index in [0.717, 1.165) is 11.3 Å². The highest BCUT2D eigenvalue weighted by Gasteiger charge is 2.42. The highest BCUT2D eigenvalue weighted by molar-refractivity contribution is 7.91.